The lowest BCUT2D eigenvalue weighted by Crippen LogP contribution is -2.43. The van der Waals surface area contributed by atoms with E-state index in [1.165, 1.54) is 44.5 Å². The fraction of sp³-hybridized carbons (Fsp3) is 0.625. The normalized spacial score (nSPS) is 27.7. The Morgan fingerprint density at radius 2 is 2.06 bits per heavy atom. The average molecular weight is 244 g/mol. The third-order valence-corrected chi connectivity index (χ3v) is 4.54. The summed E-state index contributed by atoms with van der Waals surface area (Å²) < 4.78 is 0. The Morgan fingerprint density at radius 3 is 2.78 bits per heavy atom. The van der Waals surface area contributed by atoms with E-state index < -0.39 is 0 Å². The summed E-state index contributed by atoms with van der Waals surface area (Å²) in [5, 5.41) is 3.72. The summed E-state index contributed by atoms with van der Waals surface area (Å²) in [4.78, 5) is 2.72. The fourth-order valence-corrected chi connectivity index (χ4v) is 3.02. The third-order valence-electron chi connectivity index (χ3n) is 4.54. The molecule has 1 aliphatic carbocycles. The van der Waals surface area contributed by atoms with Gasteiger partial charge >= 0.3 is 0 Å². The summed E-state index contributed by atoms with van der Waals surface area (Å²) in [6.45, 7) is 6.09. The molecule has 1 unspecified atom stereocenters. The zero-order valence-electron chi connectivity index (χ0n) is 11.4. The number of nitrogens with one attached hydrogen (secondary N) is 1. The summed E-state index contributed by atoms with van der Waals surface area (Å²) in [5.41, 5.74) is 1.99. The van der Waals surface area contributed by atoms with Crippen LogP contribution in [0.15, 0.2) is 30.3 Å². The predicted octanol–water partition coefficient (Wildman–Crippen LogP) is 2.45. The van der Waals surface area contributed by atoms with Gasteiger partial charge < -0.3 is 5.32 Å². The Bertz CT molecular complexity index is 383. The van der Waals surface area contributed by atoms with E-state index in [-0.39, 0.29) is 0 Å². The Kier molecular flexibility index (Phi) is 3.40. The second kappa shape index (κ2) is 5.02. The van der Waals surface area contributed by atoms with Crippen LogP contribution in [0.1, 0.15) is 31.7 Å². The first-order valence-corrected chi connectivity index (χ1v) is 7.29. The van der Waals surface area contributed by atoms with E-state index >= 15 is 0 Å². The monoisotopic (exact) mass is 244 g/mol. The fourth-order valence-electron chi connectivity index (χ4n) is 3.02. The molecule has 1 heterocycles. The first-order chi connectivity index (χ1) is 8.76. The second-order valence-electron chi connectivity index (χ2n) is 6.14. The molecule has 0 radical (unpaired) electrons. The quantitative estimate of drug-likeness (QED) is 0.878. The maximum Gasteiger partial charge on any atom is 0.0235 e. The van der Waals surface area contributed by atoms with Crippen molar-refractivity contribution in [1.29, 1.82) is 0 Å². The van der Waals surface area contributed by atoms with Crippen molar-refractivity contribution in [2.75, 3.05) is 19.6 Å². The van der Waals surface area contributed by atoms with Gasteiger partial charge in [0.1, 0.15) is 0 Å². The second-order valence-corrected chi connectivity index (χ2v) is 6.14. The van der Waals surface area contributed by atoms with Crippen molar-refractivity contribution in [3.8, 4) is 0 Å². The van der Waals surface area contributed by atoms with Crippen molar-refractivity contribution >= 4 is 0 Å². The number of hydrogen-bond acceptors (Lipinski definition) is 2. The Hall–Kier alpha value is -0.860. The average Bonchev–Trinajstić information content (AvgIpc) is 3.15. The molecule has 2 aliphatic rings. The van der Waals surface area contributed by atoms with Gasteiger partial charge in [0.25, 0.3) is 0 Å². The Morgan fingerprint density at radius 1 is 1.28 bits per heavy atom. The molecule has 1 N–H and O–H groups in total. The zero-order chi connectivity index (χ0) is 12.4. The van der Waals surface area contributed by atoms with Gasteiger partial charge in [-0.15, -0.1) is 0 Å². The van der Waals surface area contributed by atoms with Crippen molar-refractivity contribution in [1.82, 2.24) is 10.2 Å². The molecule has 1 aliphatic heterocycles. The van der Waals surface area contributed by atoms with Crippen molar-refractivity contribution in [2.24, 2.45) is 0 Å². The highest BCUT2D eigenvalue weighted by atomic mass is 15.2. The van der Waals surface area contributed by atoms with Gasteiger partial charge in [0.05, 0.1) is 0 Å². The van der Waals surface area contributed by atoms with Crippen LogP contribution in [0, 0.1) is 0 Å². The lowest BCUT2D eigenvalue weighted by Gasteiger charge is -2.30. The molecule has 0 amide bonds. The molecular weight excluding hydrogens is 220 g/mol. The summed E-state index contributed by atoms with van der Waals surface area (Å²) in [5.74, 6) is 0. The number of hydrogen-bond donors (Lipinski definition) is 1. The van der Waals surface area contributed by atoms with E-state index in [2.05, 4.69) is 47.5 Å². The molecule has 1 saturated heterocycles. The minimum atomic E-state index is 0.529. The molecule has 1 saturated carbocycles. The van der Waals surface area contributed by atoms with Crippen LogP contribution in [0.3, 0.4) is 0 Å². The summed E-state index contributed by atoms with van der Waals surface area (Å²) >= 11 is 0. The molecule has 3 rings (SSSR count). The minimum Gasteiger partial charge on any atom is -0.312 e. The Labute approximate surface area is 110 Å². The van der Waals surface area contributed by atoms with Crippen LogP contribution >= 0.6 is 0 Å². The molecule has 0 aromatic heterocycles. The molecule has 0 bridgehead atoms. The van der Waals surface area contributed by atoms with Gasteiger partial charge in [-0.2, -0.15) is 0 Å². The maximum absolute atomic E-state index is 3.72. The van der Waals surface area contributed by atoms with E-state index in [1.54, 1.807) is 0 Å². The first kappa shape index (κ1) is 12.2. The molecule has 1 atom stereocenters. The summed E-state index contributed by atoms with van der Waals surface area (Å²) in [7, 11) is 0. The lowest BCUT2D eigenvalue weighted by molar-refractivity contribution is 0.187. The van der Waals surface area contributed by atoms with Gasteiger partial charge in [-0.3, -0.25) is 4.90 Å². The molecule has 2 nitrogen and oxygen atoms in total. The summed E-state index contributed by atoms with van der Waals surface area (Å²) in [6, 6.07) is 11.5. The van der Waals surface area contributed by atoms with Crippen LogP contribution in [0.2, 0.25) is 0 Å². The largest absolute Gasteiger partial charge is 0.312 e. The van der Waals surface area contributed by atoms with Crippen LogP contribution in [0.25, 0.3) is 0 Å². The number of nitrogens with zero attached hydrogens (tertiary/aromatic N) is 1. The third kappa shape index (κ3) is 2.76. The van der Waals surface area contributed by atoms with Crippen LogP contribution < -0.4 is 5.32 Å². The molecule has 1 aromatic rings. The summed E-state index contributed by atoms with van der Waals surface area (Å²) in [6.07, 6.45) is 5.24. The van der Waals surface area contributed by atoms with Crippen LogP contribution in [-0.2, 0) is 6.42 Å². The van der Waals surface area contributed by atoms with Gasteiger partial charge in [-0.05, 0) is 51.3 Å². The van der Waals surface area contributed by atoms with Crippen molar-refractivity contribution < 1.29 is 0 Å². The van der Waals surface area contributed by atoms with E-state index in [0.29, 0.717) is 11.6 Å². The topological polar surface area (TPSA) is 15.3 Å². The molecular formula is C16H24N2. The van der Waals surface area contributed by atoms with Gasteiger partial charge in [0.15, 0.2) is 0 Å². The molecule has 2 fully saturated rings. The van der Waals surface area contributed by atoms with Crippen molar-refractivity contribution in [3.05, 3.63) is 35.9 Å². The van der Waals surface area contributed by atoms with Gasteiger partial charge in [-0.1, -0.05) is 30.3 Å². The van der Waals surface area contributed by atoms with E-state index in [1.807, 2.05) is 0 Å². The molecule has 0 spiro atoms. The highest BCUT2D eigenvalue weighted by Gasteiger charge is 2.43. The number of benzene rings is 1. The van der Waals surface area contributed by atoms with Gasteiger partial charge in [0, 0.05) is 18.1 Å². The van der Waals surface area contributed by atoms with E-state index in [9.17, 15) is 0 Å². The highest BCUT2D eigenvalue weighted by Crippen LogP contribution is 2.41. The van der Waals surface area contributed by atoms with Gasteiger partial charge in [-0.25, -0.2) is 0 Å². The van der Waals surface area contributed by atoms with E-state index in [4.69, 9.17) is 0 Å². The predicted molar refractivity (Wildman–Crippen MR) is 75.8 cm³/mol. The van der Waals surface area contributed by atoms with Crippen molar-refractivity contribution in [2.45, 2.75) is 44.2 Å². The molecule has 1 aromatic carbocycles. The van der Waals surface area contributed by atoms with Crippen LogP contribution in [0.4, 0.5) is 0 Å². The maximum atomic E-state index is 3.72. The minimum absolute atomic E-state index is 0.529. The first-order valence-electron chi connectivity index (χ1n) is 7.29. The molecule has 98 valence electrons. The molecule has 2 heteroatoms. The number of rotatable bonds is 3. The smallest absolute Gasteiger partial charge is 0.0235 e. The lowest BCUT2D eigenvalue weighted by atomic mass is 10.1. The highest BCUT2D eigenvalue weighted by molar-refractivity contribution is 5.16. The van der Waals surface area contributed by atoms with Crippen LogP contribution in [-0.4, -0.2) is 36.1 Å². The Balaban J connectivity index is 1.64. The standard InChI is InChI=1S/C16H24N2/c1-16(8-9-16)18-11-5-10-17-15(13-18)12-14-6-3-2-4-7-14/h2-4,6-7,15,17H,5,8-13H2,1H3. The molecule has 18 heavy (non-hydrogen) atoms. The SMILES string of the molecule is CC1(N2CCCNC(Cc3ccccc3)C2)CC1. The van der Waals surface area contributed by atoms with E-state index in [0.717, 1.165) is 6.42 Å². The van der Waals surface area contributed by atoms with Crippen LogP contribution in [0.5, 0.6) is 0 Å². The van der Waals surface area contributed by atoms with Gasteiger partial charge in [0.2, 0.25) is 0 Å². The zero-order valence-corrected chi connectivity index (χ0v) is 11.4. The van der Waals surface area contributed by atoms with Crippen molar-refractivity contribution in [3.63, 3.8) is 0 Å².